The molecule has 0 radical (unpaired) electrons. The molecule has 0 saturated carbocycles. The lowest BCUT2D eigenvalue weighted by atomic mass is 10.2. The van der Waals surface area contributed by atoms with Gasteiger partial charge in [-0.2, -0.15) is 0 Å². The SMILES string of the molecule is COc1ccc(C(=O)N2CCOC(CO)C2)cn1. The van der Waals surface area contributed by atoms with Gasteiger partial charge in [0.2, 0.25) is 5.88 Å². The van der Waals surface area contributed by atoms with Crippen LogP contribution in [-0.4, -0.2) is 60.4 Å². The van der Waals surface area contributed by atoms with E-state index in [1.165, 1.54) is 13.3 Å². The van der Waals surface area contributed by atoms with E-state index in [9.17, 15) is 4.79 Å². The number of hydrogen-bond donors (Lipinski definition) is 1. The summed E-state index contributed by atoms with van der Waals surface area (Å²) in [4.78, 5) is 17.8. The van der Waals surface area contributed by atoms with Gasteiger partial charge in [-0.3, -0.25) is 4.79 Å². The Kier molecular flexibility index (Phi) is 4.11. The molecule has 6 heteroatoms. The third-order valence-corrected chi connectivity index (χ3v) is 2.82. The number of carbonyl (C=O) groups excluding carboxylic acids is 1. The summed E-state index contributed by atoms with van der Waals surface area (Å²) < 4.78 is 10.2. The van der Waals surface area contributed by atoms with Gasteiger partial charge >= 0.3 is 0 Å². The summed E-state index contributed by atoms with van der Waals surface area (Å²) in [6.45, 7) is 1.30. The molecule has 1 N–H and O–H groups in total. The summed E-state index contributed by atoms with van der Waals surface area (Å²) in [7, 11) is 1.53. The number of morpholine rings is 1. The van der Waals surface area contributed by atoms with Crippen molar-refractivity contribution in [3.05, 3.63) is 23.9 Å². The molecule has 1 aliphatic heterocycles. The zero-order valence-corrected chi connectivity index (χ0v) is 10.2. The summed E-state index contributed by atoms with van der Waals surface area (Å²) in [5.41, 5.74) is 0.509. The fourth-order valence-corrected chi connectivity index (χ4v) is 1.82. The predicted octanol–water partition coefficient (Wildman–Crippen LogP) is -0.0765. The number of ether oxygens (including phenoxy) is 2. The normalized spacial score (nSPS) is 19.7. The van der Waals surface area contributed by atoms with E-state index in [2.05, 4.69) is 4.98 Å². The minimum atomic E-state index is -0.297. The first kappa shape index (κ1) is 12.8. The van der Waals surface area contributed by atoms with Gasteiger partial charge < -0.3 is 19.5 Å². The highest BCUT2D eigenvalue weighted by atomic mass is 16.5. The maximum Gasteiger partial charge on any atom is 0.255 e. The van der Waals surface area contributed by atoms with E-state index in [-0.39, 0.29) is 18.6 Å². The molecule has 1 atom stereocenters. The minimum absolute atomic E-state index is 0.0787. The monoisotopic (exact) mass is 252 g/mol. The first-order valence-electron chi connectivity index (χ1n) is 5.76. The highest BCUT2D eigenvalue weighted by molar-refractivity contribution is 5.94. The molecule has 0 bridgehead atoms. The number of aliphatic hydroxyl groups excluding tert-OH is 1. The Morgan fingerprint density at radius 3 is 3.11 bits per heavy atom. The van der Waals surface area contributed by atoms with E-state index in [1.54, 1.807) is 17.0 Å². The lowest BCUT2D eigenvalue weighted by Crippen LogP contribution is -2.46. The van der Waals surface area contributed by atoms with Crippen LogP contribution in [0.5, 0.6) is 5.88 Å². The minimum Gasteiger partial charge on any atom is -0.481 e. The van der Waals surface area contributed by atoms with Crippen LogP contribution in [-0.2, 0) is 4.74 Å². The zero-order chi connectivity index (χ0) is 13.0. The second-order valence-corrected chi connectivity index (χ2v) is 4.02. The molecule has 6 nitrogen and oxygen atoms in total. The van der Waals surface area contributed by atoms with Crippen LogP contribution in [0.1, 0.15) is 10.4 Å². The Hall–Kier alpha value is -1.66. The second kappa shape index (κ2) is 5.79. The van der Waals surface area contributed by atoms with Gasteiger partial charge in [-0.1, -0.05) is 0 Å². The molecule has 2 rings (SSSR count). The van der Waals surface area contributed by atoms with Crippen LogP contribution < -0.4 is 4.74 Å². The van der Waals surface area contributed by atoms with Crippen LogP contribution in [0.4, 0.5) is 0 Å². The van der Waals surface area contributed by atoms with E-state index in [4.69, 9.17) is 14.6 Å². The number of aromatic nitrogens is 1. The van der Waals surface area contributed by atoms with Crippen molar-refractivity contribution in [1.29, 1.82) is 0 Å². The molecular formula is C12H16N2O4. The lowest BCUT2D eigenvalue weighted by molar-refractivity contribution is -0.0447. The van der Waals surface area contributed by atoms with Crippen molar-refractivity contribution < 1.29 is 19.4 Å². The first-order valence-corrected chi connectivity index (χ1v) is 5.76. The average Bonchev–Trinajstić information content (AvgIpc) is 2.46. The standard InChI is InChI=1S/C12H16N2O4/c1-17-11-3-2-9(6-13-11)12(16)14-4-5-18-10(7-14)8-15/h2-3,6,10,15H,4-5,7-8H2,1H3. The lowest BCUT2D eigenvalue weighted by Gasteiger charge is -2.32. The molecule has 1 aromatic heterocycles. The third kappa shape index (κ3) is 2.77. The number of amides is 1. The van der Waals surface area contributed by atoms with Crippen LogP contribution in [0.25, 0.3) is 0 Å². The third-order valence-electron chi connectivity index (χ3n) is 2.82. The van der Waals surface area contributed by atoms with Crippen molar-refractivity contribution in [3.8, 4) is 5.88 Å². The van der Waals surface area contributed by atoms with Gasteiger partial charge in [0.05, 0.1) is 32.0 Å². The zero-order valence-electron chi connectivity index (χ0n) is 10.2. The summed E-state index contributed by atoms with van der Waals surface area (Å²) in [6, 6.07) is 3.33. The molecule has 0 aliphatic carbocycles. The van der Waals surface area contributed by atoms with Gasteiger partial charge in [-0.05, 0) is 6.07 Å². The van der Waals surface area contributed by atoms with Crippen LogP contribution in [0.3, 0.4) is 0 Å². The number of rotatable bonds is 3. The van der Waals surface area contributed by atoms with Gasteiger partial charge in [0, 0.05) is 25.4 Å². The highest BCUT2D eigenvalue weighted by Gasteiger charge is 2.24. The molecule has 1 aromatic rings. The van der Waals surface area contributed by atoms with E-state index in [0.29, 0.717) is 31.1 Å². The molecule has 1 unspecified atom stereocenters. The van der Waals surface area contributed by atoms with Crippen LogP contribution in [0.15, 0.2) is 18.3 Å². The van der Waals surface area contributed by atoms with E-state index in [0.717, 1.165) is 0 Å². The largest absolute Gasteiger partial charge is 0.481 e. The highest BCUT2D eigenvalue weighted by Crippen LogP contribution is 2.12. The quantitative estimate of drug-likeness (QED) is 0.815. The Morgan fingerprint density at radius 1 is 1.67 bits per heavy atom. The molecule has 18 heavy (non-hydrogen) atoms. The predicted molar refractivity (Wildman–Crippen MR) is 63.5 cm³/mol. The number of methoxy groups -OCH3 is 1. The van der Waals surface area contributed by atoms with Crippen molar-refractivity contribution in [1.82, 2.24) is 9.88 Å². The first-order chi connectivity index (χ1) is 8.74. The van der Waals surface area contributed by atoms with Crippen LogP contribution >= 0.6 is 0 Å². The Labute approximate surface area is 105 Å². The number of hydrogen-bond acceptors (Lipinski definition) is 5. The molecule has 1 fully saturated rings. The van der Waals surface area contributed by atoms with Crippen molar-refractivity contribution >= 4 is 5.91 Å². The smallest absolute Gasteiger partial charge is 0.255 e. The van der Waals surface area contributed by atoms with Crippen molar-refractivity contribution in [2.45, 2.75) is 6.10 Å². The molecule has 2 heterocycles. The number of carbonyl (C=O) groups is 1. The van der Waals surface area contributed by atoms with Gasteiger partial charge in [0.25, 0.3) is 5.91 Å². The Morgan fingerprint density at radius 2 is 2.50 bits per heavy atom. The van der Waals surface area contributed by atoms with E-state index >= 15 is 0 Å². The summed E-state index contributed by atoms with van der Waals surface area (Å²) in [5.74, 6) is 0.369. The van der Waals surface area contributed by atoms with Gasteiger partial charge in [-0.15, -0.1) is 0 Å². The van der Waals surface area contributed by atoms with Gasteiger partial charge in [-0.25, -0.2) is 4.98 Å². The molecule has 1 aliphatic rings. The van der Waals surface area contributed by atoms with Crippen molar-refractivity contribution in [3.63, 3.8) is 0 Å². The van der Waals surface area contributed by atoms with Crippen LogP contribution in [0, 0.1) is 0 Å². The summed E-state index contributed by atoms with van der Waals surface area (Å²) >= 11 is 0. The molecule has 1 saturated heterocycles. The fourth-order valence-electron chi connectivity index (χ4n) is 1.82. The number of nitrogens with zero attached hydrogens (tertiary/aromatic N) is 2. The molecule has 98 valence electrons. The second-order valence-electron chi connectivity index (χ2n) is 4.02. The number of aliphatic hydroxyl groups is 1. The molecule has 1 amide bonds. The molecular weight excluding hydrogens is 236 g/mol. The maximum absolute atomic E-state index is 12.2. The molecule has 0 aromatic carbocycles. The van der Waals surface area contributed by atoms with Crippen molar-refractivity contribution in [2.75, 3.05) is 33.4 Å². The summed E-state index contributed by atoms with van der Waals surface area (Å²) in [5, 5.41) is 9.04. The average molecular weight is 252 g/mol. The fraction of sp³-hybridized carbons (Fsp3) is 0.500. The van der Waals surface area contributed by atoms with E-state index < -0.39 is 0 Å². The van der Waals surface area contributed by atoms with Gasteiger partial charge in [0.15, 0.2) is 0 Å². The topological polar surface area (TPSA) is 71.9 Å². The van der Waals surface area contributed by atoms with Gasteiger partial charge in [0.1, 0.15) is 0 Å². The van der Waals surface area contributed by atoms with Crippen molar-refractivity contribution in [2.24, 2.45) is 0 Å². The van der Waals surface area contributed by atoms with Crippen LogP contribution in [0.2, 0.25) is 0 Å². The van der Waals surface area contributed by atoms with E-state index in [1.807, 2.05) is 0 Å². The number of pyridine rings is 1. The summed E-state index contributed by atoms with van der Waals surface area (Å²) in [6.07, 6.45) is 1.19. The maximum atomic E-state index is 12.2. The Balaban J connectivity index is 2.05. The Bertz CT molecular complexity index is 407. The molecule has 0 spiro atoms.